The first-order chi connectivity index (χ1) is 9.19. The molecule has 0 saturated carbocycles. The van der Waals surface area contributed by atoms with Gasteiger partial charge in [0.15, 0.2) is 0 Å². The Balaban J connectivity index is 6.52. The van der Waals surface area contributed by atoms with Crippen molar-refractivity contribution in [3.63, 3.8) is 0 Å². The van der Waals surface area contributed by atoms with E-state index in [9.17, 15) is 35.1 Å². The Morgan fingerprint density at radius 2 is 0.955 bits per heavy atom. The molecule has 0 rings (SSSR count). The normalized spacial score (nSPS) is 18.5. The highest BCUT2D eigenvalue weighted by molar-refractivity contribution is 5.14. The topological polar surface area (TPSA) is 0 Å². The predicted octanol–water partition coefficient (Wildman–Crippen LogP) is 6.26. The first kappa shape index (κ1) is 21.4. The second-order valence-corrected chi connectivity index (χ2v) is 7.63. The van der Waals surface area contributed by atoms with Crippen LogP contribution in [0, 0.1) is 16.2 Å². The van der Waals surface area contributed by atoms with Gasteiger partial charge >= 0.3 is 6.18 Å². The van der Waals surface area contributed by atoms with Gasteiger partial charge in [-0.05, 0) is 0 Å². The molecule has 0 bridgehead atoms. The second-order valence-electron chi connectivity index (χ2n) is 7.63. The maximum absolute atomic E-state index is 14.8. The number of hydrogen-bond donors (Lipinski definition) is 0. The zero-order valence-electron chi connectivity index (χ0n) is 13.6. The van der Waals surface area contributed by atoms with Crippen LogP contribution < -0.4 is 0 Å². The molecule has 0 nitrogen and oxygen atoms in total. The van der Waals surface area contributed by atoms with Crippen molar-refractivity contribution in [3.05, 3.63) is 0 Å². The number of halogens is 8. The molecule has 0 fully saturated rings. The van der Waals surface area contributed by atoms with Crippen molar-refractivity contribution >= 4 is 0 Å². The molecule has 0 aliphatic rings. The van der Waals surface area contributed by atoms with Gasteiger partial charge in [-0.2, -0.15) is 13.2 Å². The average Bonchev–Trinajstić information content (AvgIpc) is 2.23. The Morgan fingerprint density at radius 3 is 1.14 bits per heavy atom. The number of rotatable bonds is 4. The van der Waals surface area contributed by atoms with E-state index in [2.05, 4.69) is 0 Å². The highest BCUT2D eigenvalue weighted by Gasteiger charge is 2.81. The molecule has 22 heavy (non-hydrogen) atoms. The fourth-order valence-electron chi connectivity index (χ4n) is 2.18. The summed E-state index contributed by atoms with van der Waals surface area (Å²) in [7, 11) is 0. The lowest BCUT2D eigenvalue weighted by Crippen LogP contribution is -2.70. The Labute approximate surface area is 125 Å². The number of hydrogen-bond acceptors (Lipinski definition) is 0. The Kier molecular flexibility index (Phi) is 5.09. The molecular formula is C14H22F8. The quantitative estimate of drug-likeness (QED) is 0.529. The molecule has 1 atom stereocenters. The summed E-state index contributed by atoms with van der Waals surface area (Å²) in [6, 6.07) is 0. The lowest BCUT2D eigenvalue weighted by atomic mass is 9.57. The summed E-state index contributed by atoms with van der Waals surface area (Å²) in [6.07, 6.45) is -9.28. The molecule has 0 aromatic rings. The summed E-state index contributed by atoms with van der Waals surface area (Å²) < 4.78 is 110. The van der Waals surface area contributed by atoms with Crippen molar-refractivity contribution in [3.8, 4) is 0 Å². The van der Waals surface area contributed by atoms with Gasteiger partial charge in [-0.1, -0.05) is 48.5 Å². The molecule has 0 aliphatic heterocycles. The molecule has 134 valence electrons. The average molecular weight is 342 g/mol. The molecule has 0 amide bonds. The van der Waals surface area contributed by atoms with Crippen molar-refractivity contribution in [1.82, 2.24) is 0 Å². The van der Waals surface area contributed by atoms with Crippen LogP contribution in [-0.2, 0) is 0 Å². The Morgan fingerprint density at radius 1 is 0.636 bits per heavy atom. The summed E-state index contributed by atoms with van der Waals surface area (Å²) in [6.45, 7) is 4.46. The minimum Gasteiger partial charge on any atom is -0.226 e. The van der Waals surface area contributed by atoms with Gasteiger partial charge in [-0.3, -0.25) is 0 Å². The van der Waals surface area contributed by atoms with Crippen molar-refractivity contribution in [1.29, 1.82) is 0 Å². The van der Waals surface area contributed by atoms with Gasteiger partial charge in [0.25, 0.3) is 11.6 Å². The molecule has 0 aliphatic carbocycles. The predicted molar refractivity (Wildman–Crippen MR) is 67.9 cm³/mol. The maximum Gasteiger partial charge on any atom is 0.429 e. The van der Waals surface area contributed by atoms with Crippen molar-refractivity contribution in [2.75, 3.05) is 0 Å². The minimum atomic E-state index is -5.93. The third-order valence-electron chi connectivity index (χ3n) is 4.80. The van der Waals surface area contributed by atoms with E-state index in [1.165, 1.54) is 0 Å². The van der Waals surface area contributed by atoms with Gasteiger partial charge in [0.05, 0.1) is 0 Å². The fraction of sp³-hybridized carbons (Fsp3) is 1.00. The Bertz CT molecular complexity index is 384. The monoisotopic (exact) mass is 342 g/mol. The van der Waals surface area contributed by atoms with Crippen LogP contribution in [-0.4, -0.2) is 24.2 Å². The summed E-state index contributed by atoms with van der Waals surface area (Å²) in [5, 5.41) is 0. The van der Waals surface area contributed by atoms with Crippen LogP contribution in [0.25, 0.3) is 0 Å². The highest BCUT2D eigenvalue weighted by Crippen LogP contribution is 2.64. The molecular weight excluding hydrogens is 320 g/mol. The highest BCUT2D eigenvalue weighted by atomic mass is 19.4. The van der Waals surface area contributed by atoms with Gasteiger partial charge in [0.1, 0.15) is 0 Å². The van der Waals surface area contributed by atoms with E-state index in [0.717, 1.165) is 0 Å². The van der Waals surface area contributed by atoms with Crippen LogP contribution >= 0.6 is 0 Å². The minimum absolute atomic E-state index is 0.533. The SMILES string of the molecule is CC(C)(C)C(F)(C(F)(F)F)C(F)(F)C(C)(C)C(C)(C)C(F)F. The molecule has 0 spiro atoms. The van der Waals surface area contributed by atoms with Crippen LogP contribution in [0.2, 0.25) is 0 Å². The first-order valence-corrected chi connectivity index (χ1v) is 6.61. The molecule has 8 heteroatoms. The van der Waals surface area contributed by atoms with E-state index in [-0.39, 0.29) is 0 Å². The van der Waals surface area contributed by atoms with E-state index in [4.69, 9.17) is 0 Å². The van der Waals surface area contributed by atoms with Crippen LogP contribution in [0.3, 0.4) is 0 Å². The van der Waals surface area contributed by atoms with E-state index >= 15 is 0 Å². The lowest BCUT2D eigenvalue weighted by Gasteiger charge is -2.54. The maximum atomic E-state index is 14.8. The smallest absolute Gasteiger partial charge is 0.226 e. The molecule has 0 radical (unpaired) electrons. The third-order valence-corrected chi connectivity index (χ3v) is 4.80. The van der Waals surface area contributed by atoms with Crippen LogP contribution in [0.15, 0.2) is 0 Å². The molecule has 0 aromatic heterocycles. The molecule has 0 N–H and O–H groups in total. The zero-order chi connectivity index (χ0) is 18.6. The van der Waals surface area contributed by atoms with E-state index in [1.807, 2.05) is 0 Å². The molecule has 0 heterocycles. The van der Waals surface area contributed by atoms with Gasteiger partial charge in [0.2, 0.25) is 6.43 Å². The van der Waals surface area contributed by atoms with Crippen molar-refractivity contribution < 1.29 is 35.1 Å². The largest absolute Gasteiger partial charge is 0.429 e. The fourth-order valence-corrected chi connectivity index (χ4v) is 2.18. The molecule has 0 aromatic carbocycles. The van der Waals surface area contributed by atoms with Crippen LogP contribution in [0.4, 0.5) is 35.1 Å². The van der Waals surface area contributed by atoms with Crippen LogP contribution in [0.5, 0.6) is 0 Å². The molecule has 1 unspecified atom stereocenters. The van der Waals surface area contributed by atoms with E-state index in [1.54, 1.807) is 0 Å². The third kappa shape index (κ3) is 2.60. The van der Waals surface area contributed by atoms with E-state index < -0.39 is 40.4 Å². The van der Waals surface area contributed by atoms with Crippen LogP contribution in [0.1, 0.15) is 48.5 Å². The standard InChI is InChI=1S/C14H22F8/c1-9(2,3)12(17,14(20,21)22)13(18,19)11(6,7)10(4,5)8(15)16/h8H,1-7H3. The first-order valence-electron chi connectivity index (χ1n) is 6.61. The van der Waals surface area contributed by atoms with Crippen molar-refractivity contribution in [2.45, 2.75) is 72.7 Å². The second kappa shape index (κ2) is 5.23. The van der Waals surface area contributed by atoms with Gasteiger partial charge in [0, 0.05) is 16.2 Å². The number of alkyl halides is 8. The Hall–Kier alpha value is -0.560. The summed E-state index contributed by atoms with van der Waals surface area (Å²) >= 11 is 0. The summed E-state index contributed by atoms with van der Waals surface area (Å²) in [5.74, 6) is -5.09. The van der Waals surface area contributed by atoms with Crippen molar-refractivity contribution in [2.24, 2.45) is 16.2 Å². The van der Waals surface area contributed by atoms with Gasteiger partial charge in [-0.15, -0.1) is 0 Å². The lowest BCUT2D eigenvalue weighted by molar-refractivity contribution is -0.371. The molecule has 0 saturated heterocycles. The summed E-state index contributed by atoms with van der Waals surface area (Å²) in [5.41, 5.74) is -13.0. The summed E-state index contributed by atoms with van der Waals surface area (Å²) in [4.78, 5) is 0. The van der Waals surface area contributed by atoms with Gasteiger partial charge < -0.3 is 0 Å². The zero-order valence-corrected chi connectivity index (χ0v) is 13.6. The van der Waals surface area contributed by atoms with Gasteiger partial charge in [-0.25, -0.2) is 22.0 Å². The van der Waals surface area contributed by atoms with E-state index in [0.29, 0.717) is 48.5 Å².